The summed E-state index contributed by atoms with van der Waals surface area (Å²) in [5, 5.41) is 5.42. The molecule has 1 aromatic heterocycles. The third kappa shape index (κ3) is 2.26. The van der Waals surface area contributed by atoms with E-state index in [9.17, 15) is 4.79 Å². The predicted octanol–water partition coefficient (Wildman–Crippen LogP) is 2.73. The van der Waals surface area contributed by atoms with Gasteiger partial charge in [0.15, 0.2) is 0 Å². The van der Waals surface area contributed by atoms with Gasteiger partial charge in [-0.05, 0) is 19.8 Å². The molecule has 1 unspecified atom stereocenters. The van der Waals surface area contributed by atoms with Gasteiger partial charge in [0.1, 0.15) is 11.9 Å². The summed E-state index contributed by atoms with van der Waals surface area (Å²) in [6.07, 6.45) is 1.79. The van der Waals surface area contributed by atoms with E-state index in [0.717, 1.165) is 47.4 Å². The summed E-state index contributed by atoms with van der Waals surface area (Å²) in [7, 11) is 3.35. The van der Waals surface area contributed by atoms with Crippen molar-refractivity contribution in [3.05, 3.63) is 30.0 Å². The van der Waals surface area contributed by atoms with Crippen LogP contribution in [0.2, 0.25) is 0 Å². The van der Waals surface area contributed by atoms with Crippen LogP contribution < -0.4 is 10.2 Å². The van der Waals surface area contributed by atoms with Gasteiger partial charge >= 0.3 is 5.97 Å². The topological polar surface area (TPSA) is 54.5 Å². The number of rotatable bonds is 3. The molecule has 2 heterocycles. The molecule has 1 atom stereocenters. The summed E-state index contributed by atoms with van der Waals surface area (Å²) in [4.78, 5) is 18.9. The van der Waals surface area contributed by atoms with Crippen molar-refractivity contribution in [3.8, 4) is 0 Å². The number of esters is 1. The molecule has 0 radical (unpaired) electrons. The molecule has 1 aliphatic rings. The van der Waals surface area contributed by atoms with E-state index in [-0.39, 0.29) is 12.0 Å². The van der Waals surface area contributed by atoms with Crippen LogP contribution in [-0.2, 0) is 9.53 Å². The van der Waals surface area contributed by atoms with E-state index in [1.807, 2.05) is 26.1 Å². The normalized spacial score (nSPS) is 17.8. The fraction of sp³-hybridized carbons (Fsp3) is 0.412. The van der Waals surface area contributed by atoms with Gasteiger partial charge < -0.3 is 15.0 Å². The number of nitrogens with one attached hydrogen (secondary N) is 1. The van der Waals surface area contributed by atoms with Crippen LogP contribution in [0.5, 0.6) is 0 Å². The highest BCUT2D eigenvalue weighted by Gasteiger charge is 2.33. The van der Waals surface area contributed by atoms with Gasteiger partial charge in [-0.3, -0.25) is 0 Å². The Balaban J connectivity index is 2.17. The van der Waals surface area contributed by atoms with Crippen molar-refractivity contribution in [2.24, 2.45) is 0 Å². The Bertz CT molecular complexity index is 714. The molecule has 0 amide bonds. The number of anilines is 2. The van der Waals surface area contributed by atoms with Crippen molar-refractivity contribution in [1.82, 2.24) is 4.98 Å². The number of hydrogen-bond acceptors (Lipinski definition) is 5. The Labute approximate surface area is 130 Å². The maximum atomic E-state index is 12.0. The van der Waals surface area contributed by atoms with Crippen LogP contribution in [0.4, 0.5) is 11.5 Å². The van der Waals surface area contributed by atoms with Crippen LogP contribution in [0, 0.1) is 6.92 Å². The van der Waals surface area contributed by atoms with Crippen molar-refractivity contribution < 1.29 is 9.53 Å². The summed E-state index contributed by atoms with van der Waals surface area (Å²) in [6, 6.07) is 7.94. The first kappa shape index (κ1) is 14.6. The lowest BCUT2D eigenvalue weighted by Crippen LogP contribution is -2.37. The van der Waals surface area contributed by atoms with Crippen molar-refractivity contribution in [2.45, 2.75) is 25.8 Å². The van der Waals surface area contributed by atoms with Gasteiger partial charge in [0.2, 0.25) is 0 Å². The Morgan fingerprint density at radius 2 is 2.09 bits per heavy atom. The van der Waals surface area contributed by atoms with E-state index in [1.165, 1.54) is 7.11 Å². The summed E-state index contributed by atoms with van der Waals surface area (Å²) in [6.45, 7) is 2.82. The maximum Gasteiger partial charge on any atom is 0.328 e. The van der Waals surface area contributed by atoms with E-state index in [1.54, 1.807) is 0 Å². The van der Waals surface area contributed by atoms with Crippen molar-refractivity contribution in [1.29, 1.82) is 0 Å². The highest BCUT2D eigenvalue weighted by atomic mass is 16.5. The lowest BCUT2D eigenvalue weighted by atomic mass is 10.1. The molecule has 5 heteroatoms. The van der Waals surface area contributed by atoms with Crippen LogP contribution >= 0.6 is 0 Å². The Morgan fingerprint density at radius 1 is 1.36 bits per heavy atom. The lowest BCUT2D eigenvalue weighted by Gasteiger charge is -2.26. The van der Waals surface area contributed by atoms with Gasteiger partial charge in [-0.15, -0.1) is 0 Å². The van der Waals surface area contributed by atoms with Gasteiger partial charge in [-0.2, -0.15) is 0 Å². The third-order valence-electron chi connectivity index (χ3n) is 4.32. The lowest BCUT2D eigenvalue weighted by molar-refractivity contribution is -0.141. The summed E-state index contributed by atoms with van der Waals surface area (Å²) in [5.74, 6) is 0.693. The molecular weight excluding hydrogens is 278 g/mol. The molecule has 5 nitrogen and oxygen atoms in total. The number of pyridine rings is 1. The van der Waals surface area contributed by atoms with Crippen molar-refractivity contribution >= 4 is 28.2 Å². The molecule has 1 fully saturated rings. The smallest absolute Gasteiger partial charge is 0.328 e. The highest BCUT2D eigenvalue weighted by Crippen LogP contribution is 2.35. The van der Waals surface area contributed by atoms with Gasteiger partial charge in [0, 0.05) is 24.4 Å². The minimum Gasteiger partial charge on any atom is -0.467 e. The van der Waals surface area contributed by atoms with Crippen LogP contribution in [0.25, 0.3) is 10.8 Å². The SMILES string of the molecule is CNc1c(C)nc(N2CCCC2C(=O)OC)c2ccccc12. The van der Waals surface area contributed by atoms with Gasteiger partial charge in [0.05, 0.1) is 18.5 Å². The minimum atomic E-state index is -0.235. The first-order valence-electron chi connectivity index (χ1n) is 7.59. The van der Waals surface area contributed by atoms with Crippen LogP contribution in [0.1, 0.15) is 18.5 Å². The number of aryl methyl sites for hydroxylation is 1. The molecule has 0 spiro atoms. The number of benzene rings is 1. The average Bonchev–Trinajstić information content (AvgIpc) is 3.02. The maximum absolute atomic E-state index is 12.0. The van der Waals surface area contributed by atoms with E-state index in [4.69, 9.17) is 9.72 Å². The number of carbonyl (C=O) groups is 1. The van der Waals surface area contributed by atoms with Crippen LogP contribution in [-0.4, -0.2) is 37.7 Å². The first-order chi connectivity index (χ1) is 10.7. The summed E-state index contributed by atoms with van der Waals surface area (Å²) < 4.78 is 4.95. The molecule has 1 saturated heterocycles. The molecular formula is C17H21N3O2. The van der Waals surface area contributed by atoms with E-state index < -0.39 is 0 Å². The molecule has 0 aliphatic carbocycles. The van der Waals surface area contributed by atoms with Crippen molar-refractivity contribution in [2.75, 3.05) is 30.9 Å². The number of ether oxygens (including phenoxy) is 1. The van der Waals surface area contributed by atoms with E-state index >= 15 is 0 Å². The number of carbonyl (C=O) groups excluding carboxylic acids is 1. The van der Waals surface area contributed by atoms with Crippen molar-refractivity contribution in [3.63, 3.8) is 0 Å². The zero-order valence-corrected chi connectivity index (χ0v) is 13.2. The summed E-state index contributed by atoms with van der Waals surface area (Å²) in [5.41, 5.74) is 1.97. The number of methoxy groups -OCH3 is 1. The van der Waals surface area contributed by atoms with Gasteiger partial charge in [-0.25, -0.2) is 9.78 Å². The molecule has 0 saturated carbocycles. The largest absolute Gasteiger partial charge is 0.467 e. The fourth-order valence-corrected chi connectivity index (χ4v) is 3.30. The zero-order chi connectivity index (χ0) is 15.7. The number of nitrogens with zero attached hydrogens (tertiary/aromatic N) is 2. The monoisotopic (exact) mass is 299 g/mol. The average molecular weight is 299 g/mol. The standard InChI is InChI=1S/C17H21N3O2/c1-11-15(18-2)12-7-4-5-8-13(12)16(19-11)20-10-6-9-14(20)17(21)22-3/h4-5,7-8,14,18H,6,9-10H2,1-3H3. The number of aromatic nitrogens is 1. The molecule has 116 valence electrons. The quantitative estimate of drug-likeness (QED) is 0.883. The molecule has 1 N–H and O–H groups in total. The first-order valence-corrected chi connectivity index (χ1v) is 7.59. The second-order valence-electron chi connectivity index (χ2n) is 5.57. The zero-order valence-electron chi connectivity index (χ0n) is 13.2. The minimum absolute atomic E-state index is 0.182. The Morgan fingerprint density at radius 3 is 2.77 bits per heavy atom. The third-order valence-corrected chi connectivity index (χ3v) is 4.32. The number of fused-ring (bicyclic) bond motifs is 1. The second kappa shape index (κ2) is 5.83. The van der Waals surface area contributed by atoms with Gasteiger partial charge in [0.25, 0.3) is 0 Å². The fourth-order valence-electron chi connectivity index (χ4n) is 3.30. The predicted molar refractivity (Wildman–Crippen MR) is 88.4 cm³/mol. The molecule has 0 bridgehead atoms. The summed E-state index contributed by atoms with van der Waals surface area (Å²) >= 11 is 0. The van der Waals surface area contributed by atoms with Crippen LogP contribution in [0.15, 0.2) is 24.3 Å². The van der Waals surface area contributed by atoms with E-state index in [0.29, 0.717) is 0 Å². The molecule has 1 aliphatic heterocycles. The number of hydrogen-bond donors (Lipinski definition) is 1. The highest BCUT2D eigenvalue weighted by molar-refractivity contribution is 6.02. The van der Waals surface area contributed by atoms with Crippen LogP contribution in [0.3, 0.4) is 0 Å². The second-order valence-corrected chi connectivity index (χ2v) is 5.57. The molecule has 2 aromatic rings. The van der Waals surface area contributed by atoms with Gasteiger partial charge in [-0.1, -0.05) is 24.3 Å². The van der Waals surface area contributed by atoms with E-state index in [2.05, 4.69) is 22.3 Å². The Hall–Kier alpha value is -2.30. The molecule has 3 rings (SSSR count). The molecule has 1 aromatic carbocycles. The Kier molecular flexibility index (Phi) is 3.88. The molecule has 22 heavy (non-hydrogen) atoms.